The van der Waals surface area contributed by atoms with Crippen LogP contribution in [0.5, 0.6) is 11.5 Å². The quantitative estimate of drug-likeness (QED) is 0.650. The smallest absolute Gasteiger partial charge is 0.335 e. The summed E-state index contributed by atoms with van der Waals surface area (Å²) in [7, 11) is 1.55. The Bertz CT molecular complexity index is 901. The molecule has 1 saturated heterocycles. The van der Waals surface area contributed by atoms with E-state index in [0.717, 1.165) is 4.90 Å². The van der Waals surface area contributed by atoms with Crippen molar-refractivity contribution in [2.45, 2.75) is 6.92 Å². The number of ether oxygens (including phenoxy) is 2. The molecule has 7 nitrogen and oxygen atoms in total. The Morgan fingerprint density at radius 1 is 0.963 bits per heavy atom. The zero-order chi connectivity index (χ0) is 19.4. The molecule has 138 valence electrons. The molecule has 0 aliphatic carbocycles. The molecule has 0 bridgehead atoms. The van der Waals surface area contributed by atoms with E-state index < -0.39 is 17.8 Å². The van der Waals surface area contributed by atoms with Crippen LogP contribution in [-0.2, 0) is 9.59 Å². The molecule has 0 unspecified atom stereocenters. The predicted octanol–water partition coefficient (Wildman–Crippen LogP) is 2.76. The first-order valence-corrected chi connectivity index (χ1v) is 8.32. The number of hydrogen-bond donors (Lipinski definition) is 1. The average molecular weight is 366 g/mol. The number of barbiturate groups is 1. The van der Waals surface area contributed by atoms with Gasteiger partial charge in [-0.2, -0.15) is 0 Å². The number of rotatable bonds is 5. The lowest BCUT2D eigenvalue weighted by Crippen LogP contribution is -2.54. The lowest BCUT2D eigenvalue weighted by atomic mass is 10.1. The summed E-state index contributed by atoms with van der Waals surface area (Å²) in [6.45, 7) is 2.36. The Kier molecular flexibility index (Phi) is 5.21. The van der Waals surface area contributed by atoms with Gasteiger partial charge in [-0.25, -0.2) is 9.69 Å². The summed E-state index contributed by atoms with van der Waals surface area (Å²) < 4.78 is 10.4. The number of methoxy groups -OCH3 is 1. The second-order valence-electron chi connectivity index (χ2n) is 5.66. The van der Waals surface area contributed by atoms with Crippen molar-refractivity contribution in [3.63, 3.8) is 0 Å². The van der Waals surface area contributed by atoms with Gasteiger partial charge in [-0.05, 0) is 55.0 Å². The fraction of sp³-hybridized carbons (Fsp3) is 0.150. The van der Waals surface area contributed by atoms with Crippen LogP contribution in [0.25, 0.3) is 6.08 Å². The van der Waals surface area contributed by atoms with Crippen LogP contribution in [0.3, 0.4) is 0 Å². The fourth-order valence-corrected chi connectivity index (χ4v) is 2.62. The molecule has 1 N–H and O–H groups in total. The maximum absolute atomic E-state index is 12.8. The minimum Gasteiger partial charge on any atom is -0.497 e. The number of imide groups is 2. The van der Waals surface area contributed by atoms with Gasteiger partial charge in [0.2, 0.25) is 0 Å². The molecule has 0 aromatic heterocycles. The van der Waals surface area contributed by atoms with Crippen molar-refractivity contribution in [3.05, 3.63) is 59.7 Å². The number of hydrogen-bond acceptors (Lipinski definition) is 5. The van der Waals surface area contributed by atoms with Crippen LogP contribution >= 0.6 is 0 Å². The Labute approximate surface area is 156 Å². The number of amides is 4. The van der Waals surface area contributed by atoms with Crippen LogP contribution in [0.4, 0.5) is 10.5 Å². The molecule has 3 rings (SSSR count). The van der Waals surface area contributed by atoms with Gasteiger partial charge in [-0.3, -0.25) is 14.9 Å². The fourth-order valence-electron chi connectivity index (χ4n) is 2.62. The van der Waals surface area contributed by atoms with E-state index in [1.807, 2.05) is 6.92 Å². The lowest BCUT2D eigenvalue weighted by Gasteiger charge is -2.26. The van der Waals surface area contributed by atoms with Crippen molar-refractivity contribution >= 4 is 29.6 Å². The second-order valence-corrected chi connectivity index (χ2v) is 5.66. The summed E-state index contributed by atoms with van der Waals surface area (Å²) in [5.74, 6) is -0.148. The molecule has 0 radical (unpaired) electrons. The molecule has 0 atom stereocenters. The third-order valence-electron chi connectivity index (χ3n) is 3.93. The second kappa shape index (κ2) is 7.74. The minimum atomic E-state index is -0.791. The Balaban J connectivity index is 1.91. The van der Waals surface area contributed by atoms with E-state index in [4.69, 9.17) is 9.47 Å². The van der Waals surface area contributed by atoms with Gasteiger partial charge >= 0.3 is 6.03 Å². The van der Waals surface area contributed by atoms with Crippen molar-refractivity contribution in [2.24, 2.45) is 0 Å². The molecule has 27 heavy (non-hydrogen) atoms. The molecule has 0 saturated carbocycles. The summed E-state index contributed by atoms with van der Waals surface area (Å²) in [6.07, 6.45) is 1.44. The van der Waals surface area contributed by atoms with Gasteiger partial charge in [0, 0.05) is 0 Å². The van der Waals surface area contributed by atoms with Gasteiger partial charge in [0.25, 0.3) is 11.8 Å². The molecule has 7 heteroatoms. The van der Waals surface area contributed by atoms with E-state index in [0.29, 0.717) is 29.4 Å². The molecular formula is C20H18N2O5. The summed E-state index contributed by atoms with van der Waals surface area (Å²) in [6, 6.07) is 12.5. The van der Waals surface area contributed by atoms with Gasteiger partial charge < -0.3 is 9.47 Å². The zero-order valence-corrected chi connectivity index (χ0v) is 14.9. The van der Waals surface area contributed by atoms with Gasteiger partial charge in [0.05, 0.1) is 19.4 Å². The van der Waals surface area contributed by atoms with E-state index in [1.165, 1.54) is 6.08 Å². The van der Waals surface area contributed by atoms with Crippen molar-refractivity contribution in [1.82, 2.24) is 5.32 Å². The molecule has 2 aromatic carbocycles. The van der Waals surface area contributed by atoms with Crippen molar-refractivity contribution in [2.75, 3.05) is 18.6 Å². The van der Waals surface area contributed by atoms with Gasteiger partial charge in [-0.1, -0.05) is 12.1 Å². The van der Waals surface area contributed by atoms with Crippen LogP contribution < -0.4 is 19.7 Å². The number of carbonyl (C=O) groups excluding carboxylic acids is 3. The minimum absolute atomic E-state index is 0.131. The summed E-state index contributed by atoms with van der Waals surface area (Å²) in [5.41, 5.74) is 0.845. The summed E-state index contributed by atoms with van der Waals surface area (Å²) in [5, 5.41) is 2.19. The van der Waals surface area contributed by atoms with E-state index in [1.54, 1.807) is 55.6 Å². The summed E-state index contributed by atoms with van der Waals surface area (Å²) in [4.78, 5) is 38.1. The van der Waals surface area contributed by atoms with E-state index in [2.05, 4.69) is 5.32 Å². The lowest BCUT2D eigenvalue weighted by molar-refractivity contribution is -0.122. The monoisotopic (exact) mass is 366 g/mol. The van der Waals surface area contributed by atoms with Gasteiger partial charge in [0.15, 0.2) is 0 Å². The largest absolute Gasteiger partial charge is 0.497 e. The van der Waals surface area contributed by atoms with Crippen LogP contribution in [0.15, 0.2) is 54.1 Å². The van der Waals surface area contributed by atoms with Crippen LogP contribution in [0.1, 0.15) is 12.5 Å². The normalized spacial score (nSPS) is 15.7. The Morgan fingerprint density at radius 2 is 1.59 bits per heavy atom. The van der Waals surface area contributed by atoms with Gasteiger partial charge in [-0.15, -0.1) is 0 Å². The molecule has 1 aliphatic heterocycles. The maximum Gasteiger partial charge on any atom is 0.335 e. The van der Waals surface area contributed by atoms with E-state index in [9.17, 15) is 14.4 Å². The number of nitrogens with one attached hydrogen (secondary N) is 1. The number of carbonyl (C=O) groups is 3. The molecule has 1 aliphatic rings. The molecule has 0 spiro atoms. The zero-order valence-electron chi connectivity index (χ0n) is 14.9. The predicted molar refractivity (Wildman–Crippen MR) is 99.6 cm³/mol. The summed E-state index contributed by atoms with van der Waals surface area (Å²) >= 11 is 0. The highest BCUT2D eigenvalue weighted by atomic mass is 16.5. The van der Waals surface area contributed by atoms with E-state index in [-0.39, 0.29) is 5.57 Å². The topological polar surface area (TPSA) is 84.9 Å². The number of urea groups is 1. The van der Waals surface area contributed by atoms with Crippen LogP contribution in [0, 0.1) is 0 Å². The molecule has 1 fully saturated rings. The first kappa shape index (κ1) is 18.2. The first-order chi connectivity index (χ1) is 13.0. The number of anilines is 1. The molecular weight excluding hydrogens is 348 g/mol. The third-order valence-corrected chi connectivity index (χ3v) is 3.93. The van der Waals surface area contributed by atoms with Crippen molar-refractivity contribution in [1.29, 1.82) is 0 Å². The molecule has 2 aromatic rings. The van der Waals surface area contributed by atoms with Crippen LogP contribution in [0.2, 0.25) is 0 Å². The highest BCUT2D eigenvalue weighted by Crippen LogP contribution is 2.24. The van der Waals surface area contributed by atoms with Gasteiger partial charge in [0.1, 0.15) is 17.1 Å². The molecule has 4 amide bonds. The van der Waals surface area contributed by atoms with Crippen LogP contribution in [-0.4, -0.2) is 31.6 Å². The first-order valence-electron chi connectivity index (χ1n) is 8.32. The highest BCUT2D eigenvalue weighted by molar-refractivity contribution is 6.39. The standard InChI is InChI=1S/C20H18N2O5/c1-3-27-16-10-6-14(7-11-16)22-19(24)17(18(23)21-20(22)25)12-13-4-8-15(26-2)9-5-13/h4-12H,3H2,1-2H3,(H,21,23,25). The SMILES string of the molecule is CCOc1ccc(N2C(=O)NC(=O)C(=Cc3ccc(OC)cc3)C2=O)cc1. The average Bonchev–Trinajstić information content (AvgIpc) is 2.67. The van der Waals surface area contributed by atoms with Crippen molar-refractivity contribution < 1.29 is 23.9 Å². The Hall–Kier alpha value is -3.61. The maximum atomic E-state index is 12.8. The number of benzene rings is 2. The number of nitrogens with zero attached hydrogens (tertiary/aromatic N) is 1. The van der Waals surface area contributed by atoms with E-state index >= 15 is 0 Å². The molecule has 1 heterocycles. The third kappa shape index (κ3) is 3.82. The van der Waals surface area contributed by atoms with Crippen molar-refractivity contribution in [3.8, 4) is 11.5 Å². The Morgan fingerprint density at radius 3 is 2.19 bits per heavy atom. The highest BCUT2D eigenvalue weighted by Gasteiger charge is 2.36.